The summed E-state index contributed by atoms with van der Waals surface area (Å²) in [5, 5.41) is 3.88. The first-order valence-electron chi connectivity index (χ1n) is 10.1. The summed E-state index contributed by atoms with van der Waals surface area (Å²) in [6.07, 6.45) is 1.26. The molecule has 2 aromatic carbocycles. The lowest BCUT2D eigenvalue weighted by Crippen LogP contribution is -2.29. The molecule has 4 rings (SSSR count). The molecule has 168 valence electrons. The molecule has 1 aliphatic heterocycles. The Morgan fingerprint density at radius 1 is 1.25 bits per heavy atom. The van der Waals surface area contributed by atoms with Crippen molar-refractivity contribution in [1.82, 2.24) is 10.1 Å². The van der Waals surface area contributed by atoms with Crippen molar-refractivity contribution in [1.29, 1.82) is 0 Å². The summed E-state index contributed by atoms with van der Waals surface area (Å²) in [5.41, 5.74) is 1.62. The second kappa shape index (κ2) is 8.91. The normalized spacial score (nSPS) is 13.4. The van der Waals surface area contributed by atoms with Crippen LogP contribution in [0.5, 0.6) is 0 Å². The molecule has 1 aromatic heterocycles. The number of anilines is 1. The largest absolute Gasteiger partial charge is 0.452 e. The maximum atomic E-state index is 13.3. The molecule has 0 unspecified atom stereocenters. The quantitative estimate of drug-likeness (QED) is 0.475. The number of para-hydroxylation sites is 1. The Bertz CT molecular complexity index is 1260. The lowest BCUT2D eigenvalue weighted by molar-refractivity contribution is 0.0429. The number of carbonyl (C=O) groups excluding carboxylic acids is 1. The van der Waals surface area contributed by atoms with Crippen LogP contribution in [0.3, 0.4) is 0 Å². The van der Waals surface area contributed by atoms with Crippen molar-refractivity contribution in [3.8, 4) is 0 Å². The van der Waals surface area contributed by atoms with Gasteiger partial charge in [-0.3, -0.25) is 4.31 Å². The minimum Gasteiger partial charge on any atom is -0.452 e. The molecule has 0 N–H and O–H groups in total. The Kier molecular flexibility index (Phi) is 6.21. The van der Waals surface area contributed by atoms with E-state index in [1.54, 1.807) is 12.1 Å². The van der Waals surface area contributed by atoms with E-state index in [2.05, 4.69) is 10.1 Å². The SMILES string of the molecule is CC(C)Cc1noc(COC(=O)c2ccc(Cl)c(S(=O)(=O)N3CCc4ccccc43)c2)n1. The molecule has 0 amide bonds. The number of nitrogens with zero attached hydrogens (tertiary/aromatic N) is 3. The molecular formula is C22H22ClN3O5S. The Hall–Kier alpha value is -2.91. The van der Waals surface area contributed by atoms with Gasteiger partial charge < -0.3 is 9.26 Å². The van der Waals surface area contributed by atoms with E-state index in [9.17, 15) is 13.2 Å². The molecular weight excluding hydrogens is 454 g/mol. The molecule has 0 spiro atoms. The topological polar surface area (TPSA) is 103 Å². The zero-order valence-corrected chi connectivity index (χ0v) is 19.2. The van der Waals surface area contributed by atoms with Crippen molar-refractivity contribution in [2.75, 3.05) is 10.8 Å². The lowest BCUT2D eigenvalue weighted by Gasteiger charge is -2.20. The number of aromatic nitrogens is 2. The zero-order valence-electron chi connectivity index (χ0n) is 17.6. The molecule has 8 nitrogen and oxygen atoms in total. The van der Waals surface area contributed by atoms with Gasteiger partial charge in [0.1, 0.15) is 4.90 Å². The number of rotatable bonds is 7. The molecule has 0 fully saturated rings. The maximum Gasteiger partial charge on any atom is 0.338 e. The van der Waals surface area contributed by atoms with Crippen molar-refractivity contribution < 1.29 is 22.5 Å². The molecule has 3 aromatic rings. The number of benzene rings is 2. The van der Waals surface area contributed by atoms with Crippen LogP contribution in [-0.2, 0) is 34.2 Å². The van der Waals surface area contributed by atoms with Gasteiger partial charge in [0, 0.05) is 13.0 Å². The fraction of sp³-hybridized carbons (Fsp3) is 0.318. The van der Waals surface area contributed by atoms with Crippen molar-refractivity contribution in [3.05, 3.63) is 70.3 Å². The van der Waals surface area contributed by atoms with Gasteiger partial charge >= 0.3 is 5.97 Å². The van der Waals surface area contributed by atoms with Crippen LogP contribution in [0.2, 0.25) is 5.02 Å². The molecule has 0 saturated carbocycles. The van der Waals surface area contributed by atoms with E-state index >= 15 is 0 Å². The van der Waals surface area contributed by atoms with E-state index < -0.39 is 16.0 Å². The third kappa shape index (κ3) is 4.49. The molecule has 32 heavy (non-hydrogen) atoms. The third-order valence-electron chi connectivity index (χ3n) is 5.01. The van der Waals surface area contributed by atoms with Crippen LogP contribution in [0, 0.1) is 5.92 Å². The van der Waals surface area contributed by atoms with Gasteiger partial charge in [-0.05, 0) is 42.2 Å². The van der Waals surface area contributed by atoms with Crippen molar-refractivity contribution >= 4 is 33.3 Å². The fourth-order valence-corrected chi connectivity index (χ4v) is 5.52. The van der Waals surface area contributed by atoms with Gasteiger partial charge in [-0.2, -0.15) is 4.98 Å². The van der Waals surface area contributed by atoms with Crippen LogP contribution in [0.4, 0.5) is 5.69 Å². The van der Waals surface area contributed by atoms with Crippen LogP contribution >= 0.6 is 11.6 Å². The Balaban J connectivity index is 1.52. The van der Waals surface area contributed by atoms with Crippen LogP contribution in [0.1, 0.15) is 41.5 Å². The standard InChI is InChI=1S/C22H22ClN3O5S/c1-14(2)11-20-24-21(31-25-20)13-30-22(27)16-7-8-17(23)19(12-16)32(28,29)26-10-9-15-5-3-4-6-18(15)26/h3-8,12,14H,9-11,13H2,1-2H3. The molecule has 0 saturated heterocycles. The fourth-order valence-electron chi connectivity index (χ4n) is 3.51. The number of sulfonamides is 1. The van der Waals surface area contributed by atoms with Gasteiger partial charge in [-0.25, -0.2) is 13.2 Å². The van der Waals surface area contributed by atoms with Crippen LogP contribution in [0.15, 0.2) is 51.9 Å². The number of ether oxygens (including phenoxy) is 1. The second-order valence-electron chi connectivity index (χ2n) is 7.88. The summed E-state index contributed by atoms with van der Waals surface area (Å²) in [6, 6.07) is 11.3. The maximum absolute atomic E-state index is 13.3. The molecule has 0 aliphatic carbocycles. The first-order chi connectivity index (χ1) is 15.3. The Morgan fingerprint density at radius 2 is 2.03 bits per heavy atom. The third-order valence-corrected chi connectivity index (χ3v) is 7.30. The highest BCUT2D eigenvalue weighted by Crippen LogP contribution is 2.35. The van der Waals surface area contributed by atoms with Gasteiger partial charge in [-0.1, -0.05) is 48.8 Å². The van der Waals surface area contributed by atoms with E-state index in [1.165, 1.54) is 22.5 Å². The van der Waals surface area contributed by atoms with Gasteiger partial charge in [0.05, 0.1) is 16.3 Å². The second-order valence-corrected chi connectivity index (χ2v) is 10.1. The van der Waals surface area contributed by atoms with Crippen LogP contribution in [-0.4, -0.2) is 31.1 Å². The van der Waals surface area contributed by atoms with E-state index in [0.717, 1.165) is 5.56 Å². The van der Waals surface area contributed by atoms with E-state index in [-0.39, 0.29) is 28.0 Å². The zero-order chi connectivity index (χ0) is 22.9. The van der Waals surface area contributed by atoms with Crippen molar-refractivity contribution in [2.45, 2.75) is 38.2 Å². The van der Waals surface area contributed by atoms with E-state index in [4.69, 9.17) is 20.9 Å². The Labute approximate surface area is 191 Å². The molecule has 1 aliphatic rings. The number of hydrogen-bond acceptors (Lipinski definition) is 7. The highest BCUT2D eigenvalue weighted by atomic mass is 35.5. The van der Waals surface area contributed by atoms with Gasteiger partial charge in [0.25, 0.3) is 15.9 Å². The number of hydrogen-bond donors (Lipinski definition) is 0. The summed E-state index contributed by atoms with van der Waals surface area (Å²) in [6.45, 7) is 4.16. The van der Waals surface area contributed by atoms with E-state index in [0.29, 0.717) is 36.8 Å². The Morgan fingerprint density at radius 3 is 2.81 bits per heavy atom. The smallest absolute Gasteiger partial charge is 0.338 e. The first-order valence-corrected chi connectivity index (χ1v) is 12.0. The summed E-state index contributed by atoms with van der Waals surface area (Å²) in [7, 11) is -3.96. The highest BCUT2D eigenvalue weighted by molar-refractivity contribution is 7.93. The predicted octanol–water partition coefficient (Wildman–Crippen LogP) is 4.03. The highest BCUT2D eigenvalue weighted by Gasteiger charge is 2.32. The van der Waals surface area contributed by atoms with Gasteiger partial charge in [0.2, 0.25) is 0 Å². The summed E-state index contributed by atoms with van der Waals surface area (Å²) >= 11 is 6.22. The van der Waals surface area contributed by atoms with Crippen molar-refractivity contribution in [2.24, 2.45) is 5.92 Å². The monoisotopic (exact) mass is 475 g/mol. The predicted molar refractivity (Wildman–Crippen MR) is 118 cm³/mol. The number of esters is 1. The minimum absolute atomic E-state index is 0.0289. The van der Waals surface area contributed by atoms with Gasteiger partial charge in [0.15, 0.2) is 12.4 Å². The minimum atomic E-state index is -3.96. The summed E-state index contributed by atoms with van der Waals surface area (Å²) < 4.78 is 38.3. The molecule has 2 heterocycles. The molecule has 0 bridgehead atoms. The molecule has 10 heteroatoms. The van der Waals surface area contributed by atoms with Gasteiger partial charge in [-0.15, -0.1) is 0 Å². The average Bonchev–Trinajstić information content (AvgIpc) is 3.39. The average molecular weight is 476 g/mol. The van der Waals surface area contributed by atoms with Crippen LogP contribution in [0.25, 0.3) is 0 Å². The number of fused-ring (bicyclic) bond motifs is 1. The van der Waals surface area contributed by atoms with Crippen molar-refractivity contribution in [3.63, 3.8) is 0 Å². The molecule has 0 radical (unpaired) electrons. The first kappa shape index (κ1) is 22.3. The molecule has 0 atom stereocenters. The van der Waals surface area contributed by atoms with E-state index in [1.807, 2.05) is 26.0 Å². The summed E-state index contributed by atoms with van der Waals surface area (Å²) in [4.78, 5) is 16.6. The number of carbonyl (C=O) groups is 1. The number of halogens is 1. The summed E-state index contributed by atoms with van der Waals surface area (Å²) in [5.74, 6) is 0.352. The lowest BCUT2D eigenvalue weighted by atomic mass is 10.1. The van der Waals surface area contributed by atoms with Crippen LogP contribution < -0.4 is 4.31 Å².